The first-order chi connectivity index (χ1) is 11.8. The largest absolute Gasteiger partial charge is 0.465 e. The average molecular weight is 363 g/mol. The van der Waals surface area contributed by atoms with Gasteiger partial charge in [-0.3, -0.25) is 4.72 Å². The number of rotatable bonds is 5. The second kappa shape index (κ2) is 7.35. The number of hydrogen-bond donors (Lipinski definition) is 1. The lowest BCUT2D eigenvalue weighted by atomic mass is 10.1. The van der Waals surface area contributed by atoms with Crippen LogP contribution >= 0.6 is 0 Å². The van der Waals surface area contributed by atoms with Crippen LogP contribution in [-0.2, 0) is 19.5 Å². The number of carbonyl (C=O) groups is 2. The molecule has 0 aliphatic heterocycles. The summed E-state index contributed by atoms with van der Waals surface area (Å²) in [5.41, 5.74) is 0.903. The van der Waals surface area contributed by atoms with E-state index in [4.69, 9.17) is 0 Å². The zero-order valence-electron chi connectivity index (χ0n) is 13.9. The fourth-order valence-electron chi connectivity index (χ4n) is 2.08. The third-order valence-electron chi connectivity index (χ3n) is 3.42. The van der Waals surface area contributed by atoms with E-state index in [0.717, 1.165) is 5.56 Å². The maximum Gasteiger partial charge on any atom is 0.339 e. The normalized spacial score (nSPS) is 10.8. The SMILES string of the molecule is COC(=O)c1ccc(C(=O)OC)c(NS(=O)(=O)c2ccc(C)cc2)c1. The Kier molecular flexibility index (Phi) is 5.43. The van der Waals surface area contributed by atoms with Gasteiger partial charge in [0.1, 0.15) is 0 Å². The molecule has 0 aliphatic rings. The molecular formula is C17H17NO6S. The summed E-state index contributed by atoms with van der Waals surface area (Å²) in [4.78, 5) is 23.6. The van der Waals surface area contributed by atoms with Crippen LogP contribution in [0.5, 0.6) is 0 Å². The van der Waals surface area contributed by atoms with E-state index < -0.39 is 22.0 Å². The first-order valence-electron chi connectivity index (χ1n) is 7.18. The molecule has 0 atom stereocenters. The second-order valence-electron chi connectivity index (χ2n) is 5.16. The molecular weight excluding hydrogens is 346 g/mol. The number of sulfonamides is 1. The molecule has 0 saturated carbocycles. The van der Waals surface area contributed by atoms with Gasteiger partial charge in [0.05, 0.1) is 35.9 Å². The van der Waals surface area contributed by atoms with Crippen molar-refractivity contribution in [2.75, 3.05) is 18.9 Å². The molecule has 0 aromatic heterocycles. The second-order valence-corrected chi connectivity index (χ2v) is 6.84. The summed E-state index contributed by atoms with van der Waals surface area (Å²) in [5, 5.41) is 0. The molecule has 0 saturated heterocycles. The molecule has 0 unspecified atom stereocenters. The number of esters is 2. The van der Waals surface area contributed by atoms with Gasteiger partial charge in [-0.05, 0) is 37.3 Å². The number of anilines is 1. The summed E-state index contributed by atoms with van der Waals surface area (Å²) in [7, 11) is -1.58. The van der Waals surface area contributed by atoms with Crippen LogP contribution in [0.25, 0.3) is 0 Å². The zero-order valence-corrected chi connectivity index (χ0v) is 14.7. The summed E-state index contributed by atoms with van der Waals surface area (Å²) < 4.78 is 36.7. The van der Waals surface area contributed by atoms with Crippen molar-refractivity contribution in [2.45, 2.75) is 11.8 Å². The molecule has 2 rings (SSSR count). The van der Waals surface area contributed by atoms with E-state index in [1.165, 1.54) is 44.6 Å². The minimum atomic E-state index is -3.95. The molecule has 7 nitrogen and oxygen atoms in total. The molecule has 0 aliphatic carbocycles. The molecule has 1 N–H and O–H groups in total. The van der Waals surface area contributed by atoms with Crippen molar-refractivity contribution in [2.24, 2.45) is 0 Å². The van der Waals surface area contributed by atoms with Crippen LogP contribution in [0.2, 0.25) is 0 Å². The van der Waals surface area contributed by atoms with Gasteiger partial charge in [0.15, 0.2) is 0 Å². The smallest absolute Gasteiger partial charge is 0.339 e. The van der Waals surface area contributed by atoms with Crippen LogP contribution < -0.4 is 4.72 Å². The van der Waals surface area contributed by atoms with Crippen molar-refractivity contribution < 1.29 is 27.5 Å². The molecule has 0 spiro atoms. The van der Waals surface area contributed by atoms with Crippen molar-refractivity contribution in [3.05, 3.63) is 59.2 Å². The van der Waals surface area contributed by atoms with Crippen LogP contribution in [0.15, 0.2) is 47.4 Å². The van der Waals surface area contributed by atoms with Crippen LogP contribution in [-0.4, -0.2) is 34.6 Å². The lowest BCUT2D eigenvalue weighted by Gasteiger charge is -2.13. The molecule has 2 aromatic carbocycles. The van der Waals surface area contributed by atoms with Crippen LogP contribution in [0.4, 0.5) is 5.69 Å². The average Bonchev–Trinajstić information content (AvgIpc) is 2.60. The number of methoxy groups -OCH3 is 2. The minimum Gasteiger partial charge on any atom is -0.465 e. The van der Waals surface area contributed by atoms with Crippen LogP contribution in [0.3, 0.4) is 0 Å². The van der Waals surface area contributed by atoms with Crippen molar-refractivity contribution in [1.29, 1.82) is 0 Å². The molecule has 25 heavy (non-hydrogen) atoms. The number of benzene rings is 2. The third kappa shape index (κ3) is 4.16. The predicted octanol–water partition coefficient (Wildman–Crippen LogP) is 2.37. The fraction of sp³-hybridized carbons (Fsp3) is 0.176. The van der Waals surface area contributed by atoms with Gasteiger partial charge < -0.3 is 9.47 Å². The molecule has 0 bridgehead atoms. The maximum atomic E-state index is 12.5. The number of hydrogen-bond acceptors (Lipinski definition) is 6. The molecule has 2 aromatic rings. The Balaban J connectivity index is 2.49. The highest BCUT2D eigenvalue weighted by Crippen LogP contribution is 2.23. The lowest BCUT2D eigenvalue weighted by molar-refractivity contribution is 0.0587. The van der Waals surface area contributed by atoms with Crippen LogP contribution in [0.1, 0.15) is 26.3 Å². The molecule has 0 fully saturated rings. The van der Waals surface area contributed by atoms with Gasteiger partial charge in [-0.2, -0.15) is 0 Å². The first-order valence-corrected chi connectivity index (χ1v) is 8.67. The number of nitrogens with one attached hydrogen (secondary N) is 1. The Hall–Kier alpha value is -2.87. The Morgan fingerprint density at radius 1 is 0.920 bits per heavy atom. The van der Waals surface area contributed by atoms with Gasteiger partial charge in [0.25, 0.3) is 10.0 Å². The first kappa shape index (κ1) is 18.5. The number of aryl methyl sites for hydroxylation is 1. The summed E-state index contributed by atoms with van der Waals surface area (Å²) >= 11 is 0. The number of ether oxygens (including phenoxy) is 2. The van der Waals surface area contributed by atoms with Crippen LogP contribution in [0, 0.1) is 6.92 Å². The van der Waals surface area contributed by atoms with Crippen molar-refractivity contribution in [3.63, 3.8) is 0 Å². The van der Waals surface area contributed by atoms with Gasteiger partial charge in [-0.25, -0.2) is 18.0 Å². The van der Waals surface area contributed by atoms with E-state index in [1.54, 1.807) is 12.1 Å². The Morgan fingerprint density at radius 3 is 2.08 bits per heavy atom. The van der Waals surface area contributed by atoms with Crippen molar-refractivity contribution >= 4 is 27.6 Å². The monoisotopic (exact) mass is 363 g/mol. The fourth-order valence-corrected chi connectivity index (χ4v) is 3.15. The molecule has 132 valence electrons. The summed E-state index contributed by atoms with van der Waals surface area (Å²) in [6.07, 6.45) is 0. The standard InChI is InChI=1S/C17H17NO6S/c1-11-4-7-13(8-5-11)25(21,22)18-15-10-12(16(19)23-2)6-9-14(15)17(20)24-3/h4-10,18H,1-3H3. The van der Waals surface area contributed by atoms with E-state index >= 15 is 0 Å². The molecule has 0 amide bonds. The van der Waals surface area contributed by atoms with Gasteiger partial charge in [0, 0.05) is 0 Å². The Bertz CT molecular complexity index is 903. The third-order valence-corrected chi connectivity index (χ3v) is 4.80. The maximum absolute atomic E-state index is 12.5. The molecule has 8 heteroatoms. The highest BCUT2D eigenvalue weighted by Gasteiger charge is 2.21. The highest BCUT2D eigenvalue weighted by molar-refractivity contribution is 7.92. The predicted molar refractivity (Wildman–Crippen MR) is 91.1 cm³/mol. The van der Waals surface area contributed by atoms with Gasteiger partial charge in [-0.1, -0.05) is 17.7 Å². The van der Waals surface area contributed by atoms with Gasteiger partial charge in [-0.15, -0.1) is 0 Å². The van der Waals surface area contributed by atoms with E-state index in [2.05, 4.69) is 14.2 Å². The van der Waals surface area contributed by atoms with Gasteiger partial charge in [0.2, 0.25) is 0 Å². The molecule has 0 radical (unpaired) electrons. The molecule has 0 heterocycles. The number of carbonyl (C=O) groups excluding carboxylic acids is 2. The Labute approximate surface area is 145 Å². The Morgan fingerprint density at radius 2 is 1.52 bits per heavy atom. The van der Waals surface area contributed by atoms with Crippen molar-refractivity contribution in [1.82, 2.24) is 0 Å². The highest BCUT2D eigenvalue weighted by atomic mass is 32.2. The quantitative estimate of drug-likeness (QED) is 0.819. The van der Waals surface area contributed by atoms with Gasteiger partial charge >= 0.3 is 11.9 Å². The summed E-state index contributed by atoms with van der Waals surface area (Å²) in [6.45, 7) is 1.83. The van der Waals surface area contributed by atoms with E-state index in [9.17, 15) is 18.0 Å². The minimum absolute atomic E-state index is 0.0224. The summed E-state index contributed by atoms with van der Waals surface area (Å²) in [6, 6.07) is 10.1. The van der Waals surface area contributed by atoms with E-state index in [1.807, 2.05) is 6.92 Å². The topological polar surface area (TPSA) is 98.8 Å². The van der Waals surface area contributed by atoms with E-state index in [0.29, 0.717) is 0 Å². The summed E-state index contributed by atoms with van der Waals surface area (Å²) in [5.74, 6) is -1.40. The lowest BCUT2D eigenvalue weighted by Crippen LogP contribution is -2.17. The van der Waals surface area contributed by atoms with Crippen molar-refractivity contribution in [3.8, 4) is 0 Å². The van der Waals surface area contributed by atoms with E-state index in [-0.39, 0.29) is 21.7 Å². The zero-order chi connectivity index (χ0) is 18.6.